The normalized spacial score (nSPS) is 18.0. The second-order valence-corrected chi connectivity index (χ2v) is 6.16. The van der Waals surface area contributed by atoms with Crippen LogP contribution >= 0.6 is 0 Å². The fraction of sp³-hybridized carbons (Fsp3) is 0.316. The van der Waals surface area contributed by atoms with Gasteiger partial charge in [0.15, 0.2) is 0 Å². The maximum Gasteiger partial charge on any atom is 0.129 e. The average Bonchev–Trinajstić information content (AvgIpc) is 3.03. The number of aliphatic hydroxyl groups is 1. The van der Waals surface area contributed by atoms with Gasteiger partial charge in [0.25, 0.3) is 0 Å². The lowest BCUT2D eigenvalue weighted by Crippen LogP contribution is -2.52. The van der Waals surface area contributed by atoms with Gasteiger partial charge in [0.2, 0.25) is 0 Å². The minimum atomic E-state index is -2.03. The van der Waals surface area contributed by atoms with Gasteiger partial charge in [-0.25, -0.2) is 4.98 Å². The number of imidazole rings is 1. The highest BCUT2D eigenvalue weighted by Gasteiger charge is 2.36. The first-order chi connectivity index (χ1) is 12.4. The first kappa shape index (κ1) is 13.0. The summed E-state index contributed by atoms with van der Waals surface area (Å²) in [5, 5.41) is 10.5. The number of hydrogen-bond acceptors (Lipinski definition) is 4. The molecule has 2 heterocycles. The van der Waals surface area contributed by atoms with Gasteiger partial charge >= 0.3 is 0 Å². The van der Waals surface area contributed by atoms with Crippen LogP contribution in [0.1, 0.15) is 8.30 Å². The summed E-state index contributed by atoms with van der Waals surface area (Å²) in [5.41, 5.74) is 2.61. The van der Waals surface area contributed by atoms with E-state index in [0.717, 1.165) is 22.4 Å². The molecule has 0 spiro atoms. The van der Waals surface area contributed by atoms with Gasteiger partial charge in [-0.15, -0.1) is 0 Å². The molecule has 2 aromatic carbocycles. The van der Waals surface area contributed by atoms with E-state index in [1.54, 1.807) is 7.11 Å². The van der Waals surface area contributed by atoms with Crippen LogP contribution in [0.5, 0.6) is 5.75 Å². The predicted molar refractivity (Wildman–Crippen MR) is 92.2 cm³/mol. The van der Waals surface area contributed by atoms with Crippen LogP contribution in [0.4, 0.5) is 0 Å². The highest BCUT2D eigenvalue weighted by molar-refractivity contribution is 5.84. The van der Waals surface area contributed by atoms with Crippen molar-refractivity contribution < 1.29 is 17.3 Å². The third-order valence-corrected chi connectivity index (χ3v) is 4.23. The molecule has 0 unspecified atom stereocenters. The summed E-state index contributed by atoms with van der Waals surface area (Å²) in [5.74, 6) is 0.754. The lowest BCUT2D eigenvalue weighted by Gasteiger charge is -2.36. The molecule has 5 heteroatoms. The van der Waals surface area contributed by atoms with Crippen LogP contribution < -0.4 is 4.74 Å². The number of fused-ring (bicyclic) bond motifs is 1. The first-order valence-electron chi connectivity index (χ1n) is 8.78. The van der Waals surface area contributed by atoms with E-state index in [2.05, 4.69) is 4.98 Å². The van der Waals surface area contributed by atoms with Crippen molar-refractivity contribution in [2.75, 3.05) is 20.3 Å². The molecule has 1 aliphatic rings. The Hall–Kier alpha value is -2.37. The fourth-order valence-electron chi connectivity index (χ4n) is 2.89. The Labute approximate surface area is 143 Å². The van der Waals surface area contributed by atoms with E-state index in [9.17, 15) is 5.11 Å². The molecule has 1 saturated heterocycles. The Bertz CT molecular complexity index is 980. The molecule has 124 valence electrons. The molecule has 1 fully saturated rings. The van der Waals surface area contributed by atoms with Gasteiger partial charge in [-0.05, 0) is 36.2 Å². The smallest absolute Gasteiger partial charge is 0.129 e. The second kappa shape index (κ2) is 5.61. The van der Waals surface area contributed by atoms with Crippen molar-refractivity contribution in [1.29, 1.82) is 0 Å². The quantitative estimate of drug-likeness (QED) is 0.801. The van der Waals surface area contributed by atoms with Gasteiger partial charge < -0.3 is 19.1 Å². The molecule has 0 saturated carbocycles. The second-order valence-electron chi connectivity index (χ2n) is 6.16. The molecule has 5 nitrogen and oxygen atoms in total. The maximum absolute atomic E-state index is 10.5. The Balaban J connectivity index is 1.86. The van der Waals surface area contributed by atoms with Crippen LogP contribution in [-0.4, -0.2) is 40.6 Å². The molecule has 1 aliphatic heterocycles. The summed E-state index contributed by atoms with van der Waals surface area (Å²) in [6.07, 6.45) is 1.43. The van der Waals surface area contributed by atoms with Crippen molar-refractivity contribution in [3.05, 3.63) is 48.3 Å². The molecule has 0 amide bonds. The van der Waals surface area contributed by atoms with E-state index in [-0.39, 0.29) is 13.2 Å². The average molecular weight is 326 g/mol. The minimum Gasteiger partial charge on any atom is -0.496 e. The van der Waals surface area contributed by atoms with Crippen molar-refractivity contribution in [3.8, 4) is 16.9 Å². The van der Waals surface area contributed by atoms with Crippen LogP contribution in [0.3, 0.4) is 0 Å². The first-order valence-corrected chi connectivity index (χ1v) is 7.78. The number of rotatable bonds is 4. The Kier molecular flexibility index (Phi) is 3.04. The largest absolute Gasteiger partial charge is 0.496 e. The molecular weight excluding hydrogens is 304 g/mol. The third kappa shape index (κ3) is 2.56. The summed E-state index contributed by atoms with van der Waals surface area (Å²) >= 11 is 0. The van der Waals surface area contributed by atoms with Crippen molar-refractivity contribution >= 4 is 11.0 Å². The molecule has 0 atom stereocenters. The number of aromatic nitrogens is 2. The summed E-state index contributed by atoms with van der Waals surface area (Å²) in [6, 6.07) is 11.6. The lowest BCUT2D eigenvalue weighted by molar-refractivity contribution is -0.184. The number of ether oxygens (including phenoxy) is 2. The van der Waals surface area contributed by atoms with Gasteiger partial charge in [-0.3, -0.25) is 0 Å². The number of benzene rings is 2. The van der Waals surface area contributed by atoms with Crippen molar-refractivity contribution in [2.45, 2.75) is 19.0 Å². The minimum absolute atomic E-state index is 0.0366. The zero-order valence-electron chi connectivity index (χ0n) is 15.6. The zero-order valence-corrected chi connectivity index (χ0v) is 13.6. The predicted octanol–water partition coefficient (Wildman–Crippen LogP) is 2.78. The third-order valence-electron chi connectivity index (χ3n) is 4.23. The van der Waals surface area contributed by atoms with Gasteiger partial charge in [0.05, 0.1) is 46.9 Å². The van der Waals surface area contributed by atoms with Crippen molar-refractivity contribution in [1.82, 2.24) is 9.55 Å². The SMILES string of the molecule is [2H]C([2H])(n1cnc2ccc(-c3ccc(C)cc3OC)cc21)C1(O)COC1. The highest BCUT2D eigenvalue weighted by atomic mass is 16.5. The molecule has 1 N–H and O–H groups in total. The summed E-state index contributed by atoms with van der Waals surface area (Å²) in [7, 11) is 1.63. The van der Waals surface area contributed by atoms with Crippen LogP contribution in [0.15, 0.2) is 42.7 Å². The number of aryl methyl sites for hydroxylation is 1. The van der Waals surface area contributed by atoms with Gasteiger partial charge in [-0.2, -0.15) is 0 Å². The molecule has 24 heavy (non-hydrogen) atoms. The van der Waals surface area contributed by atoms with Crippen molar-refractivity contribution in [3.63, 3.8) is 0 Å². The Morgan fingerprint density at radius 2 is 2.17 bits per heavy atom. The topological polar surface area (TPSA) is 56.5 Å². The van der Waals surface area contributed by atoms with Crippen LogP contribution in [0.25, 0.3) is 22.2 Å². The highest BCUT2D eigenvalue weighted by Crippen LogP contribution is 2.33. The Morgan fingerprint density at radius 3 is 2.88 bits per heavy atom. The number of nitrogens with zero attached hydrogens (tertiary/aromatic N) is 2. The number of hydrogen-bond donors (Lipinski definition) is 1. The van der Waals surface area contributed by atoms with Crippen molar-refractivity contribution in [2.24, 2.45) is 0 Å². The standard InChI is InChI=1S/C19H20N2O3/c1-13-3-5-15(18(7-13)23-2)14-4-6-16-17(8-14)21(12-20-16)9-19(22)10-24-11-19/h3-8,12,22H,9-11H2,1-2H3/i9D2. The van der Waals surface area contributed by atoms with Crippen LogP contribution in [-0.2, 0) is 11.2 Å². The maximum atomic E-state index is 10.5. The molecule has 1 aromatic heterocycles. The van der Waals surface area contributed by atoms with E-state index in [0.29, 0.717) is 11.0 Å². The molecule has 0 bridgehead atoms. The lowest BCUT2D eigenvalue weighted by atomic mass is 10.0. The molecular formula is C19H20N2O3. The molecule has 0 aliphatic carbocycles. The summed E-state index contributed by atoms with van der Waals surface area (Å²) in [6.45, 7) is -0.104. The van der Waals surface area contributed by atoms with Crippen LogP contribution in [0.2, 0.25) is 0 Å². The van der Waals surface area contributed by atoms with E-state index in [4.69, 9.17) is 12.2 Å². The van der Waals surface area contributed by atoms with E-state index in [1.165, 1.54) is 10.9 Å². The fourth-order valence-corrected chi connectivity index (χ4v) is 2.89. The monoisotopic (exact) mass is 326 g/mol. The molecule has 3 aromatic rings. The van der Waals surface area contributed by atoms with Crippen LogP contribution in [0, 0.1) is 6.92 Å². The van der Waals surface area contributed by atoms with Gasteiger partial charge in [-0.1, -0.05) is 18.2 Å². The van der Waals surface area contributed by atoms with E-state index in [1.807, 2.05) is 43.3 Å². The molecule has 0 radical (unpaired) electrons. The van der Waals surface area contributed by atoms with Gasteiger partial charge in [0, 0.05) is 5.56 Å². The zero-order chi connectivity index (χ0) is 18.5. The molecule has 4 rings (SSSR count). The van der Waals surface area contributed by atoms with Gasteiger partial charge in [0.1, 0.15) is 11.4 Å². The summed E-state index contributed by atoms with van der Waals surface area (Å²) < 4.78 is 28.8. The summed E-state index contributed by atoms with van der Waals surface area (Å²) in [4.78, 5) is 4.29. The van der Waals surface area contributed by atoms with E-state index >= 15 is 0 Å². The Morgan fingerprint density at radius 1 is 1.33 bits per heavy atom. The number of methoxy groups -OCH3 is 1. The van der Waals surface area contributed by atoms with E-state index < -0.39 is 12.1 Å².